The number of aromatic nitrogens is 3. The second-order valence-electron chi connectivity index (χ2n) is 4.95. The van der Waals surface area contributed by atoms with Crippen molar-refractivity contribution in [3.63, 3.8) is 0 Å². The van der Waals surface area contributed by atoms with Crippen LogP contribution < -0.4 is 4.74 Å². The number of pyridine rings is 1. The molecule has 1 aromatic carbocycles. The van der Waals surface area contributed by atoms with E-state index in [9.17, 15) is 0 Å². The summed E-state index contributed by atoms with van der Waals surface area (Å²) in [6.07, 6.45) is 1.79. The van der Waals surface area contributed by atoms with Crippen molar-refractivity contribution in [1.29, 1.82) is 0 Å². The van der Waals surface area contributed by atoms with Crippen molar-refractivity contribution in [1.82, 2.24) is 14.8 Å². The number of fused-ring (bicyclic) bond motifs is 1. The summed E-state index contributed by atoms with van der Waals surface area (Å²) in [6, 6.07) is 8.14. The van der Waals surface area contributed by atoms with Crippen molar-refractivity contribution < 1.29 is 4.74 Å². The molecule has 0 saturated carbocycles. The summed E-state index contributed by atoms with van der Waals surface area (Å²) in [5.41, 5.74) is 5.21. The van der Waals surface area contributed by atoms with Crippen LogP contribution in [0.2, 0.25) is 0 Å². The fourth-order valence-corrected chi connectivity index (χ4v) is 2.56. The van der Waals surface area contributed by atoms with Crippen LogP contribution >= 0.6 is 0 Å². The van der Waals surface area contributed by atoms with Crippen LogP contribution in [0, 0.1) is 13.8 Å². The van der Waals surface area contributed by atoms with E-state index in [4.69, 9.17) is 9.72 Å². The van der Waals surface area contributed by atoms with Gasteiger partial charge in [-0.3, -0.25) is 4.68 Å². The van der Waals surface area contributed by atoms with Gasteiger partial charge >= 0.3 is 0 Å². The molecule has 0 fully saturated rings. The first kappa shape index (κ1) is 12.7. The lowest BCUT2D eigenvalue weighted by molar-refractivity contribution is 0.412. The highest BCUT2D eigenvalue weighted by atomic mass is 16.5. The Morgan fingerprint density at radius 2 is 1.95 bits per heavy atom. The Labute approximate surface area is 118 Å². The second kappa shape index (κ2) is 4.63. The van der Waals surface area contributed by atoms with Crippen LogP contribution in [-0.4, -0.2) is 21.9 Å². The molecule has 2 heterocycles. The zero-order valence-electron chi connectivity index (χ0n) is 12.1. The van der Waals surface area contributed by atoms with Gasteiger partial charge in [0.15, 0.2) is 0 Å². The van der Waals surface area contributed by atoms with Crippen molar-refractivity contribution in [2.75, 3.05) is 7.11 Å². The lowest BCUT2D eigenvalue weighted by atomic mass is 10.0. The number of benzene rings is 1. The molecule has 4 heteroatoms. The number of hydrogen-bond donors (Lipinski definition) is 0. The van der Waals surface area contributed by atoms with Crippen molar-refractivity contribution in [2.45, 2.75) is 13.8 Å². The van der Waals surface area contributed by atoms with Crippen LogP contribution in [0.1, 0.15) is 11.1 Å². The first-order valence-electron chi connectivity index (χ1n) is 6.55. The number of nitrogens with zero attached hydrogens (tertiary/aromatic N) is 3. The van der Waals surface area contributed by atoms with E-state index in [2.05, 4.69) is 24.2 Å². The van der Waals surface area contributed by atoms with Crippen molar-refractivity contribution in [2.24, 2.45) is 7.05 Å². The Morgan fingerprint density at radius 1 is 1.15 bits per heavy atom. The highest BCUT2D eigenvalue weighted by Crippen LogP contribution is 2.30. The van der Waals surface area contributed by atoms with E-state index in [-0.39, 0.29) is 0 Å². The van der Waals surface area contributed by atoms with E-state index in [0.717, 1.165) is 33.6 Å². The third-order valence-electron chi connectivity index (χ3n) is 3.69. The molecule has 0 bridgehead atoms. The first-order valence-corrected chi connectivity index (χ1v) is 6.55. The standard InChI is InChI=1S/C16H17N3O/c1-10-9-13(14-7-8-17-19(14)3)18-16-11(2)15(20-4)6-5-12(10)16/h5-9H,1-4H3. The molecule has 0 radical (unpaired) electrons. The van der Waals surface area contributed by atoms with Crippen molar-refractivity contribution in [3.05, 3.63) is 41.6 Å². The van der Waals surface area contributed by atoms with Crippen molar-refractivity contribution >= 4 is 10.9 Å². The maximum absolute atomic E-state index is 5.39. The smallest absolute Gasteiger partial charge is 0.123 e. The Balaban J connectivity index is 2.32. The molecule has 0 spiro atoms. The van der Waals surface area contributed by atoms with E-state index in [1.165, 1.54) is 5.56 Å². The molecular weight excluding hydrogens is 250 g/mol. The van der Waals surface area contributed by atoms with Gasteiger partial charge in [0.25, 0.3) is 0 Å². The van der Waals surface area contributed by atoms with Gasteiger partial charge in [0.05, 0.1) is 24.0 Å². The number of rotatable bonds is 2. The molecule has 0 aliphatic heterocycles. The summed E-state index contributed by atoms with van der Waals surface area (Å²) < 4.78 is 7.23. The summed E-state index contributed by atoms with van der Waals surface area (Å²) in [6.45, 7) is 4.15. The SMILES string of the molecule is COc1ccc2c(C)cc(-c3ccnn3C)nc2c1C. The Bertz CT molecular complexity index is 790. The Morgan fingerprint density at radius 3 is 2.60 bits per heavy atom. The number of hydrogen-bond acceptors (Lipinski definition) is 3. The summed E-state index contributed by atoms with van der Waals surface area (Å²) in [5.74, 6) is 0.867. The molecule has 20 heavy (non-hydrogen) atoms. The highest BCUT2D eigenvalue weighted by Gasteiger charge is 2.11. The van der Waals surface area contributed by atoms with E-state index in [1.807, 2.05) is 30.8 Å². The van der Waals surface area contributed by atoms with Crippen LogP contribution in [0.5, 0.6) is 5.75 Å². The highest BCUT2D eigenvalue weighted by molar-refractivity contribution is 5.88. The van der Waals surface area contributed by atoms with E-state index in [1.54, 1.807) is 13.3 Å². The molecule has 0 aliphatic rings. The summed E-state index contributed by atoms with van der Waals surface area (Å²) in [5, 5.41) is 5.37. The van der Waals surface area contributed by atoms with Gasteiger partial charge in [-0.25, -0.2) is 4.98 Å². The quantitative estimate of drug-likeness (QED) is 0.715. The summed E-state index contributed by atoms with van der Waals surface area (Å²) >= 11 is 0. The molecule has 2 aromatic heterocycles. The third-order valence-corrected chi connectivity index (χ3v) is 3.69. The topological polar surface area (TPSA) is 39.9 Å². The first-order chi connectivity index (χ1) is 9.61. The molecule has 0 unspecified atom stereocenters. The van der Waals surface area contributed by atoms with E-state index in [0.29, 0.717) is 0 Å². The van der Waals surface area contributed by atoms with Crippen LogP contribution in [0.25, 0.3) is 22.3 Å². The predicted molar refractivity (Wildman–Crippen MR) is 80.0 cm³/mol. The molecular formula is C16H17N3O. The van der Waals surface area contributed by atoms with E-state index >= 15 is 0 Å². The predicted octanol–water partition coefficient (Wildman–Crippen LogP) is 3.26. The fraction of sp³-hybridized carbons (Fsp3) is 0.250. The monoisotopic (exact) mass is 267 g/mol. The van der Waals surface area contributed by atoms with Crippen molar-refractivity contribution in [3.8, 4) is 17.1 Å². The minimum absolute atomic E-state index is 0.867. The van der Waals surface area contributed by atoms with E-state index < -0.39 is 0 Å². The second-order valence-corrected chi connectivity index (χ2v) is 4.95. The molecule has 0 aliphatic carbocycles. The summed E-state index contributed by atoms with van der Waals surface area (Å²) in [4.78, 5) is 4.81. The molecule has 4 nitrogen and oxygen atoms in total. The maximum Gasteiger partial charge on any atom is 0.123 e. The van der Waals surface area contributed by atoms with Crippen LogP contribution in [0.3, 0.4) is 0 Å². The minimum atomic E-state index is 0.867. The number of ether oxygens (including phenoxy) is 1. The zero-order chi connectivity index (χ0) is 14.3. The lowest BCUT2D eigenvalue weighted by Gasteiger charge is -2.11. The van der Waals surface area contributed by atoms with Crippen LogP contribution in [0.15, 0.2) is 30.5 Å². The number of methoxy groups -OCH3 is 1. The molecule has 0 amide bonds. The molecule has 3 aromatic rings. The lowest BCUT2D eigenvalue weighted by Crippen LogP contribution is -1.98. The average molecular weight is 267 g/mol. The third kappa shape index (κ3) is 1.84. The van der Waals surface area contributed by atoms with Crippen LogP contribution in [-0.2, 0) is 7.05 Å². The Hall–Kier alpha value is -2.36. The van der Waals surface area contributed by atoms with Gasteiger partial charge in [0.2, 0.25) is 0 Å². The number of aryl methyl sites for hydroxylation is 3. The molecule has 0 N–H and O–H groups in total. The van der Waals surface area contributed by atoms with Gasteiger partial charge in [-0.1, -0.05) is 0 Å². The molecule has 0 atom stereocenters. The molecule has 0 saturated heterocycles. The zero-order valence-corrected chi connectivity index (χ0v) is 12.1. The summed E-state index contributed by atoms with van der Waals surface area (Å²) in [7, 11) is 3.61. The normalized spacial score (nSPS) is 11.0. The van der Waals surface area contributed by atoms with Gasteiger partial charge < -0.3 is 4.74 Å². The largest absolute Gasteiger partial charge is 0.496 e. The fourth-order valence-electron chi connectivity index (χ4n) is 2.56. The van der Waals surface area contributed by atoms with Gasteiger partial charge in [-0.2, -0.15) is 5.10 Å². The van der Waals surface area contributed by atoms with Crippen LogP contribution in [0.4, 0.5) is 0 Å². The van der Waals surface area contributed by atoms with Gasteiger partial charge in [-0.15, -0.1) is 0 Å². The maximum atomic E-state index is 5.39. The van der Waals surface area contributed by atoms with Gasteiger partial charge in [0.1, 0.15) is 5.75 Å². The minimum Gasteiger partial charge on any atom is -0.496 e. The molecule has 3 rings (SSSR count). The average Bonchev–Trinajstić information content (AvgIpc) is 2.86. The van der Waals surface area contributed by atoms with Gasteiger partial charge in [0, 0.05) is 24.2 Å². The van der Waals surface area contributed by atoms with Gasteiger partial charge in [-0.05, 0) is 43.7 Å². The Kier molecular flexibility index (Phi) is 2.93. The molecule has 102 valence electrons.